The Morgan fingerprint density at radius 3 is 1.02 bits per heavy atom. The molecule has 16 bridgehead atoms. The molecular weight excluding hydrogens is 1540 g/mol. The number of hydrogen-bond donors (Lipinski definition) is 4. The van der Waals surface area contributed by atoms with E-state index in [2.05, 4.69) is 223 Å². The number of anilines is 4. The molecule has 0 unspecified atom stereocenters. The number of nitrogens with one attached hydrogen (secondary N) is 4. The maximum absolute atomic E-state index is 6.41. The number of ether oxygens (including phenoxy) is 4. The lowest BCUT2D eigenvalue weighted by Gasteiger charge is -2.45. The van der Waals surface area contributed by atoms with Crippen molar-refractivity contribution in [1.29, 1.82) is 0 Å². The molecule has 0 spiro atoms. The molecule has 4 N–H and O–H groups in total. The fourth-order valence-electron chi connectivity index (χ4n) is 19.5. The Balaban J connectivity index is 0.000000108. The van der Waals surface area contributed by atoms with E-state index in [-0.39, 0.29) is 0 Å². The number of aryl methyl sites for hydroxylation is 4. The van der Waals surface area contributed by atoms with Gasteiger partial charge in [0.2, 0.25) is 0 Å². The van der Waals surface area contributed by atoms with E-state index in [1.807, 2.05) is 91.9 Å². The van der Waals surface area contributed by atoms with Gasteiger partial charge >= 0.3 is 0 Å². The summed E-state index contributed by atoms with van der Waals surface area (Å²) in [5.41, 5.74) is 16.9. The van der Waals surface area contributed by atoms with Gasteiger partial charge in [-0.05, 0) is 224 Å². The Kier molecular flexibility index (Phi) is 24.0. The van der Waals surface area contributed by atoms with Crippen LogP contribution in [0.15, 0.2) is 147 Å². The van der Waals surface area contributed by atoms with Crippen LogP contribution in [0.1, 0.15) is 89.0 Å². The zero-order valence-electron chi connectivity index (χ0n) is 73.3. The monoisotopic (exact) mass is 1660 g/mol. The van der Waals surface area contributed by atoms with Gasteiger partial charge in [0.05, 0.1) is 49.0 Å². The van der Waals surface area contributed by atoms with E-state index in [0.29, 0.717) is 74.8 Å². The van der Waals surface area contributed by atoms with E-state index in [0.717, 1.165) is 237 Å². The third-order valence-electron chi connectivity index (χ3n) is 27.2. The third-order valence-corrected chi connectivity index (χ3v) is 27.2. The molecule has 28 heteroatoms. The van der Waals surface area contributed by atoms with Crippen molar-refractivity contribution in [3.63, 3.8) is 0 Å². The first-order valence-electron chi connectivity index (χ1n) is 45.2. The van der Waals surface area contributed by atoms with Gasteiger partial charge in [-0.2, -0.15) is 20.4 Å². The van der Waals surface area contributed by atoms with Gasteiger partial charge in [0.15, 0.2) is 22.6 Å². The van der Waals surface area contributed by atoms with Crippen LogP contribution in [0, 0.1) is 33.6 Å². The van der Waals surface area contributed by atoms with E-state index < -0.39 is 0 Å². The number of likely N-dealkylation sites (N-methyl/N-ethyl adjacent to an activating group) is 1. The van der Waals surface area contributed by atoms with Crippen molar-refractivity contribution < 1.29 is 18.9 Å². The first-order chi connectivity index (χ1) is 60.0. The summed E-state index contributed by atoms with van der Waals surface area (Å²) in [5.74, 6) is 8.15. The normalized spacial score (nSPS) is 23.9. The molecule has 4 saturated heterocycles. The summed E-state index contributed by atoms with van der Waals surface area (Å²) in [7, 11) is 2.20. The molecule has 4 aromatic carbocycles. The topological polar surface area (TPSA) is 232 Å². The minimum Gasteiger partial charge on any atom is -0.492 e. The number of nitrogens with zero attached hydrogens (tertiary/aromatic N) is 20. The molecule has 646 valence electrons. The van der Waals surface area contributed by atoms with Crippen LogP contribution >= 0.6 is 0 Å². The number of benzene rings is 4. The highest BCUT2D eigenvalue weighted by atomic mass is 16.5. The van der Waals surface area contributed by atoms with Gasteiger partial charge in [0, 0.05) is 189 Å². The lowest BCUT2D eigenvalue weighted by Crippen LogP contribution is -2.60. The summed E-state index contributed by atoms with van der Waals surface area (Å²) in [5, 5.41) is 32.2. The van der Waals surface area contributed by atoms with Crippen LogP contribution in [-0.4, -0.2) is 303 Å². The Bertz CT molecular complexity index is 5700. The van der Waals surface area contributed by atoms with Crippen molar-refractivity contribution in [1.82, 2.24) is 97.6 Å². The SMILES string of the molecule is CCCN1C[C@H]2COc3ccc(C)c(c3)-c3cnn4ccc(nc34)NCCN2C[C@H]1C.Cc1ccc2cc1-c1cnn3ccc(nc13)NCCN1C[C@@H](C)N(C)C[C@H]1CO2.Cc1ccc2cc1-c1cnn3ccc(nc13)NCCN1C[C@@H](C)N(C3CC3)C[C@H]1CO2.Cc1ccc2cc1-c1cnn3ccc(nc13)NCCN1C[C@@H](C)N(CC3CC3)C[C@H]1CO2. The lowest BCUT2D eigenvalue weighted by molar-refractivity contribution is 0.0125. The van der Waals surface area contributed by atoms with Crippen molar-refractivity contribution in [2.75, 3.05) is 173 Å². The van der Waals surface area contributed by atoms with E-state index >= 15 is 0 Å². The number of hydrogen-bond acceptors (Lipinski definition) is 24. The Morgan fingerprint density at radius 1 is 0.350 bits per heavy atom. The maximum atomic E-state index is 6.41. The molecule has 22 rings (SSSR count). The number of aromatic nitrogens is 12. The highest BCUT2D eigenvalue weighted by Crippen LogP contribution is 2.39. The van der Waals surface area contributed by atoms with Crippen LogP contribution in [-0.2, 0) is 0 Å². The Morgan fingerprint density at radius 2 is 0.675 bits per heavy atom. The van der Waals surface area contributed by atoms with Crippen LogP contribution in [0.3, 0.4) is 0 Å². The number of rotatable bonds is 5. The summed E-state index contributed by atoms with van der Waals surface area (Å²) >= 11 is 0. The first kappa shape index (κ1) is 82.1. The highest BCUT2D eigenvalue weighted by Gasteiger charge is 2.41. The molecule has 12 aromatic rings. The van der Waals surface area contributed by atoms with Crippen molar-refractivity contribution in [2.45, 2.75) is 149 Å². The highest BCUT2D eigenvalue weighted by molar-refractivity contribution is 5.84. The molecular formula is C95H122N24O4. The maximum Gasteiger partial charge on any atom is 0.165 e. The predicted octanol–water partition coefficient (Wildman–Crippen LogP) is 12.1. The average molecular weight is 1660 g/mol. The molecule has 0 radical (unpaired) electrons. The van der Waals surface area contributed by atoms with E-state index in [1.54, 1.807) is 0 Å². The van der Waals surface area contributed by atoms with Crippen molar-refractivity contribution in [3.8, 4) is 67.5 Å². The molecule has 2 aliphatic carbocycles. The van der Waals surface area contributed by atoms with Crippen LogP contribution in [0.5, 0.6) is 23.0 Å². The summed E-state index contributed by atoms with van der Waals surface area (Å²) in [4.78, 5) is 40.2. The minimum atomic E-state index is 0.368. The van der Waals surface area contributed by atoms with Gasteiger partial charge in [-0.25, -0.2) is 38.0 Å². The largest absolute Gasteiger partial charge is 0.492 e. The van der Waals surface area contributed by atoms with Gasteiger partial charge in [0.1, 0.15) is 72.7 Å². The molecule has 6 fully saturated rings. The standard InChI is InChI=1S/C25H32N6O.C24H30N6O.C24H32N6O.C22H28N6O/c1-17-3-6-21-11-22(17)23-12-27-31-9-7-24(28-25(23)31)26-8-10-29-13-18(2)30(14-19-4-5-19)15-20(29)16-32-21;1-16-3-6-20-11-21(16)22-12-26-30-9-7-23(27-24(22)30)25-8-10-28-13-17(2)29(18-4-5-18)14-19(28)15-31-20;1-4-9-28-15-19-16-31-20-6-5-17(2)21(12-20)22-13-26-30-10-7-23(27-24(22)30)25-8-11-29(19)14-18(28)3;1-15-4-5-18-10-19(15)20-11-24-28-8-6-21(25-22(20)28)23-7-9-27-12-16(2)26(3)13-17(27)14-29-18/h3,6-7,9,11-12,18-20H,4-5,8,10,13-16H2,1-2H3,(H,26,28);3,6-7,9,11-12,17-19H,4-5,8,10,13-15H2,1-2H3,(H,25,27);5-7,10,12-13,18-19H,4,8-9,11,14-16H2,1-3H3,(H,25,27);4-6,8,10-11,16-17H,7,9,12-14H2,1-3H3,(H,23,25)/t18-,20+;17-,19+;18-,19+;16-,17+/m1111/s1. The van der Waals surface area contributed by atoms with Crippen LogP contribution < -0.4 is 40.2 Å². The fraction of sp³-hybridized carbons (Fsp3) is 0.495. The van der Waals surface area contributed by atoms with Gasteiger partial charge in [-0.15, -0.1) is 0 Å². The van der Waals surface area contributed by atoms with Gasteiger partial charge in [0.25, 0.3) is 0 Å². The van der Waals surface area contributed by atoms with Crippen LogP contribution in [0.25, 0.3) is 67.1 Å². The van der Waals surface area contributed by atoms with Crippen LogP contribution in [0.2, 0.25) is 0 Å². The van der Waals surface area contributed by atoms with Crippen molar-refractivity contribution in [3.05, 3.63) is 169 Å². The summed E-state index contributed by atoms with van der Waals surface area (Å²) < 4.78 is 32.8. The third kappa shape index (κ3) is 18.2. The quantitative estimate of drug-likeness (QED) is 0.125. The molecule has 8 aliphatic heterocycles. The second kappa shape index (κ2) is 36.0. The molecule has 0 amide bonds. The van der Waals surface area contributed by atoms with Crippen molar-refractivity contribution >= 4 is 45.9 Å². The second-order valence-corrected chi connectivity index (χ2v) is 36.2. The first-order valence-corrected chi connectivity index (χ1v) is 45.2. The zero-order chi connectivity index (χ0) is 83.9. The number of fused-ring (bicyclic) bond motifs is 20. The lowest BCUT2D eigenvalue weighted by atomic mass is 10.0. The van der Waals surface area contributed by atoms with Crippen molar-refractivity contribution in [2.24, 2.45) is 5.92 Å². The molecule has 123 heavy (non-hydrogen) atoms. The summed E-state index contributed by atoms with van der Waals surface area (Å²) in [6, 6.07) is 38.0. The number of piperazine rings is 4. The van der Waals surface area contributed by atoms with Gasteiger partial charge in [-0.3, -0.25) is 34.3 Å². The van der Waals surface area contributed by atoms with Gasteiger partial charge < -0.3 is 45.1 Å². The fourth-order valence-corrected chi connectivity index (χ4v) is 19.5. The minimum absolute atomic E-state index is 0.368. The molecule has 16 heterocycles. The molecule has 10 aliphatic rings. The second-order valence-electron chi connectivity index (χ2n) is 36.2. The Hall–Kier alpha value is -10.6. The van der Waals surface area contributed by atoms with Gasteiger partial charge in [-0.1, -0.05) is 31.2 Å². The summed E-state index contributed by atoms with van der Waals surface area (Å²) in [6.07, 6.45) is 22.2. The Labute approximate surface area is 722 Å². The molecule has 2 saturated carbocycles. The molecule has 8 aromatic heterocycles. The predicted molar refractivity (Wildman–Crippen MR) is 486 cm³/mol. The smallest absolute Gasteiger partial charge is 0.165 e. The van der Waals surface area contributed by atoms with E-state index in [4.69, 9.17) is 38.9 Å². The summed E-state index contributed by atoms with van der Waals surface area (Å²) in [6.45, 7) is 41.2. The van der Waals surface area contributed by atoms with Crippen LogP contribution in [0.4, 0.5) is 23.3 Å². The van der Waals surface area contributed by atoms with E-state index in [1.165, 1.54) is 60.9 Å². The molecule has 28 nitrogen and oxygen atoms in total. The zero-order valence-corrected chi connectivity index (χ0v) is 73.3. The molecule has 8 atom stereocenters. The average Bonchev–Trinajstić information content (AvgIpc) is 1.15. The van der Waals surface area contributed by atoms with E-state index in [9.17, 15) is 0 Å².